The number of fused-ring (bicyclic) bond motifs is 1. The van der Waals surface area contributed by atoms with Crippen molar-refractivity contribution in [1.29, 1.82) is 0 Å². The van der Waals surface area contributed by atoms with Crippen LogP contribution >= 0.6 is 0 Å². The zero-order valence-corrected chi connectivity index (χ0v) is 14.4. The molecular formula is C17H17FN6O4. The maximum absolute atomic E-state index is 13.1. The maximum atomic E-state index is 13.1. The smallest absolute Gasteiger partial charge is 0.251 e. The third-order valence-electron chi connectivity index (χ3n) is 4.62. The monoisotopic (exact) mass is 388 g/mol. The molecule has 1 aromatic carbocycles. The second-order valence-corrected chi connectivity index (χ2v) is 6.33. The Bertz CT molecular complexity index is 1010. The fourth-order valence-corrected chi connectivity index (χ4v) is 3.18. The van der Waals surface area contributed by atoms with E-state index in [4.69, 9.17) is 10.5 Å². The number of aromatic nitrogens is 4. The lowest BCUT2D eigenvalue weighted by atomic mass is 10.1. The summed E-state index contributed by atoms with van der Waals surface area (Å²) in [5.41, 5.74) is 6.70. The van der Waals surface area contributed by atoms with Gasteiger partial charge in [0, 0.05) is 5.56 Å². The first kappa shape index (κ1) is 18.2. The number of aliphatic hydroxyl groups is 2. The van der Waals surface area contributed by atoms with Crippen LogP contribution in [0.1, 0.15) is 16.6 Å². The van der Waals surface area contributed by atoms with Gasteiger partial charge >= 0.3 is 0 Å². The van der Waals surface area contributed by atoms with Gasteiger partial charge in [0.1, 0.15) is 35.9 Å². The van der Waals surface area contributed by atoms with Gasteiger partial charge < -0.3 is 26.0 Å². The minimum absolute atomic E-state index is 0.174. The molecular weight excluding hydrogens is 371 g/mol. The van der Waals surface area contributed by atoms with Gasteiger partial charge in [0.2, 0.25) is 0 Å². The Morgan fingerprint density at radius 3 is 2.75 bits per heavy atom. The number of hydrogen-bond acceptors (Lipinski definition) is 8. The van der Waals surface area contributed by atoms with E-state index >= 15 is 0 Å². The van der Waals surface area contributed by atoms with Crippen molar-refractivity contribution in [3.63, 3.8) is 0 Å². The molecule has 0 aliphatic carbocycles. The highest BCUT2D eigenvalue weighted by Crippen LogP contribution is 2.32. The average molecular weight is 388 g/mol. The van der Waals surface area contributed by atoms with Crippen molar-refractivity contribution >= 4 is 22.9 Å². The second-order valence-electron chi connectivity index (χ2n) is 6.33. The highest BCUT2D eigenvalue weighted by molar-refractivity contribution is 5.94. The molecule has 4 rings (SSSR count). The first-order chi connectivity index (χ1) is 13.5. The third kappa shape index (κ3) is 3.05. The molecule has 5 N–H and O–H groups in total. The summed E-state index contributed by atoms with van der Waals surface area (Å²) in [7, 11) is 0. The van der Waals surface area contributed by atoms with E-state index in [1.807, 2.05) is 0 Å². The molecule has 146 valence electrons. The van der Waals surface area contributed by atoms with Gasteiger partial charge in [-0.1, -0.05) is 0 Å². The van der Waals surface area contributed by atoms with Crippen LogP contribution in [0.4, 0.5) is 10.2 Å². The van der Waals surface area contributed by atoms with Crippen LogP contribution in [0.15, 0.2) is 36.9 Å². The number of nitrogen functional groups attached to an aromatic ring is 1. The number of benzene rings is 1. The number of nitrogens with one attached hydrogen (secondary N) is 1. The van der Waals surface area contributed by atoms with Gasteiger partial charge in [-0.05, 0) is 24.3 Å². The molecule has 1 fully saturated rings. The van der Waals surface area contributed by atoms with E-state index in [-0.39, 0.29) is 11.4 Å². The zero-order valence-electron chi connectivity index (χ0n) is 14.4. The van der Waals surface area contributed by atoms with Crippen LogP contribution in [0.3, 0.4) is 0 Å². The Morgan fingerprint density at radius 1 is 1.29 bits per heavy atom. The lowest BCUT2D eigenvalue weighted by Crippen LogP contribution is -2.46. The van der Waals surface area contributed by atoms with Crippen LogP contribution in [0.25, 0.3) is 11.2 Å². The molecule has 1 aliphatic heterocycles. The summed E-state index contributed by atoms with van der Waals surface area (Å²) in [6.45, 7) is -0.454. The lowest BCUT2D eigenvalue weighted by molar-refractivity contribution is -0.0440. The van der Waals surface area contributed by atoms with Crippen LogP contribution in [0.5, 0.6) is 0 Å². The average Bonchev–Trinajstić information content (AvgIpc) is 3.25. The predicted octanol–water partition coefficient (Wildman–Crippen LogP) is -0.403. The number of hydrogen-bond donors (Lipinski definition) is 4. The van der Waals surface area contributed by atoms with Crippen LogP contribution in [-0.4, -0.2) is 60.5 Å². The molecule has 11 heteroatoms. The van der Waals surface area contributed by atoms with Crippen molar-refractivity contribution in [3.05, 3.63) is 48.3 Å². The molecule has 28 heavy (non-hydrogen) atoms. The number of aliphatic hydroxyl groups excluding tert-OH is 2. The Hall–Kier alpha value is -3.15. The van der Waals surface area contributed by atoms with Crippen molar-refractivity contribution in [2.75, 3.05) is 12.3 Å². The molecule has 1 aliphatic rings. The Morgan fingerprint density at radius 2 is 2.04 bits per heavy atom. The van der Waals surface area contributed by atoms with E-state index in [0.29, 0.717) is 11.2 Å². The second kappa shape index (κ2) is 7.11. The van der Waals surface area contributed by atoms with E-state index < -0.39 is 42.8 Å². The Kier molecular flexibility index (Phi) is 4.63. The molecule has 2 aromatic heterocycles. The molecule has 0 bridgehead atoms. The SMILES string of the molecule is Nc1ncnc2c1ncn2[C@@H]1O[C@H](CO)[C@H](O)C1NC(=O)c1ccc(F)cc1. The molecule has 3 aromatic rings. The molecule has 0 radical (unpaired) electrons. The maximum Gasteiger partial charge on any atom is 0.251 e. The standard InChI is InChI=1S/C17H17FN6O4/c18-9-3-1-8(2-4-9)16(27)23-11-13(26)10(5-25)28-17(11)24-7-22-12-14(19)20-6-21-15(12)24/h1-4,6-7,10-11,13,17,25-26H,5H2,(H,23,27)(H2,19,20,21)/t10-,11?,13+,17-/m1/s1. The molecule has 1 saturated heterocycles. The van der Waals surface area contributed by atoms with Crippen molar-refractivity contribution in [3.8, 4) is 0 Å². The number of nitrogens with two attached hydrogens (primary N) is 1. The molecule has 0 saturated carbocycles. The number of halogens is 1. The Labute approximate surface area is 157 Å². The van der Waals surface area contributed by atoms with Gasteiger partial charge in [-0.2, -0.15) is 0 Å². The number of carbonyl (C=O) groups excluding carboxylic acids is 1. The summed E-state index contributed by atoms with van der Waals surface area (Å²) in [5.74, 6) is -0.830. The van der Waals surface area contributed by atoms with E-state index in [1.54, 1.807) is 0 Å². The highest BCUT2D eigenvalue weighted by atomic mass is 19.1. The van der Waals surface area contributed by atoms with Crippen molar-refractivity contribution in [2.24, 2.45) is 0 Å². The van der Waals surface area contributed by atoms with Gasteiger partial charge in [-0.15, -0.1) is 0 Å². The molecule has 4 atom stereocenters. The topological polar surface area (TPSA) is 148 Å². The molecule has 3 heterocycles. The summed E-state index contributed by atoms with van der Waals surface area (Å²) >= 11 is 0. The fourth-order valence-electron chi connectivity index (χ4n) is 3.18. The van der Waals surface area contributed by atoms with Crippen molar-refractivity contribution in [2.45, 2.75) is 24.5 Å². The summed E-state index contributed by atoms with van der Waals surface area (Å²) < 4.78 is 20.3. The molecule has 1 unspecified atom stereocenters. The van der Waals surface area contributed by atoms with Gasteiger partial charge in [-0.3, -0.25) is 9.36 Å². The number of nitrogens with zero attached hydrogens (tertiary/aromatic N) is 4. The molecule has 0 spiro atoms. The number of rotatable bonds is 4. The lowest BCUT2D eigenvalue weighted by Gasteiger charge is -2.23. The van der Waals surface area contributed by atoms with Crippen LogP contribution in [-0.2, 0) is 4.74 Å². The van der Waals surface area contributed by atoms with Crippen LogP contribution < -0.4 is 11.1 Å². The number of ether oxygens (including phenoxy) is 1. The minimum Gasteiger partial charge on any atom is -0.394 e. The van der Waals surface area contributed by atoms with Gasteiger partial charge in [-0.25, -0.2) is 19.3 Å². The first-order valence-electron chi connectivity index (χ1n) is 8.43. The van der Waals surface area contributed by atoms with E-state index in [2.05, 4.69) is 20.3 Å². The van der Waals surface area contributed by atoms with Gasteiger partial charge in [0.05, 0.1) is 12.9 Å². The summed E-state index contributed by atoms with van der Waals surface area (Å²) in [6.07, 6.45) is -0.368. The molecule has 10 nitrogen and oxygen atoms in total. The number of carbonyl (C=O) groups is 1. The van der Waals surface area contributed by atoms with Crippen LogP contribution in [0, 0.1) is 5.82 Å². The van der Waals surface area contributed by atoms with Gasteiger partial charge in [0.25, 0.3) is 5.91 Å². The summed E-state index contributed by atoms with van der Waals surface area (Å²) in [4.78, 5) is 24.7. The normalized spacial score (nSPS) is 24.5. The Balaban J connectivity index is 1.67. The number of imidazole rings is 1. The fraction of sp³-hybridized carbons (Fsp3) is 0.294. The highest BCUT2D eigenvalue weighted by Gasteiger charge is 2.45. The first-order valence-corrected chi connectivity index (χ1v) is 8.43. The number of amides is 1. The largest absolute Gasteiger partial charge is 0.394 e. The third-order valence-corrected chi connectivity index (χ3v) is 4.62. The predicted molar refractivity (Wildman–Crippen MR) is 94.4 cm³/mol. The quantitative estimate of drug-likeness (QED) is 0.472. The van der Waals surface area contributed by atoms with Crippen molar-refractivity contribution in [1.82, 2.24) is 24.8 Å². The van der Waals surface area contributed by atoms with Gasteiger partial charge in [0.15, 0.2) is 17.7 Å². The van der Waals surface area contributed by atoms with E-state index in [0.717, 1.165) is 12.1 Å². The zero-order chi connectivity index (χ0) is 19.8. The van der Waals surface area contributed by atoms with E-state index in [1.165, 1.54) is 29.4 Å². The minimum atomic E-state index is -1.20. The summed E-state index contributed by atoms with van der Waals surface area (Å²) in [5, 5.41) is 22.7. The van der Waals surface area contributed by atoms with E-state index in [9.17, 15) is 19.4 Å². The number of anilines is 1. The molecule has 1 amide bonds. The van der Waals surface area contributed by atoms with Crippen molar-refractivity contribution < 1.29 is 24.1 Å². The van der Waals surface area contributed by atoms with Crippen LogP contribution in [0.2, 0.25) is 0 Å². The summed E-state index contributed by atoms with van der Waals surface area (Å²) in [6, 6.07) is 4.04.